The number of benzene rings is 1. The van der Waals surface area contributed by atoms with Crippen molar-refractivity contribution in [2.75, 3.05) is 24.6 Å². The Bertz CT molecular complexity index is 359. The highest BCUT2D eigenvalue weighted by Gasteiger charge is 2.30. The lowest BCUT2D eigenvalue weighted by Crippen LogP contribution is -2.32. The van der Waals surface area contributed by atoms with Crippen molar-refractivity contribution in [1.82, 2.24) is 5.32 Å². The van der Waals surface area contributed by atoms with Crippen molar-refractivity contribution >= 4 is 11.8 Å². The SMILES string of the molecule is C#CCSCCNCC(F)(F)c1ccccc1. The van der Waals surface area contributed by atoms with E-state index < -0.39 is 5.92 Å². The molecule has 1 N–H and O–H groups in total. The van der Waals surface area contributed by atoms with Crippen LogP contribution in [0, 0.1) is 12.3 Å². The molecular weight excluding hydrogens is 240 g/mol. The number of hydrogen-bond acceptors (Lipinski definition) is 2. The van der Waals surface area contributed by atoms with Crippen LogP contribution >= 0.6 is 11.8 Å². The van der Waals surface area contributed by atoms with Gasteiger partial charge in [0.25, 0.3) is 5.92 Å². The van der Waals surface area contributed by atoms with E-state index in [0.29, 0.717) is 12.3 Å². The molecule has 0 aliphatic carbocycles. The summed E-state index contributed by atoms with van der Waals surface area (Å²) in [5, 5.41) is 2.74. The molecule has 92 valence electrons. The quantitative estimate of drug-likeness (QED) is 0.594. The fraction of sp³-hybridized carbons (Fsp3) is 0.385. The molecule has 0 unspecified atom stereocenters. The lowest BCUT2D eigenvalue weighted by molar-refractivity contribution is -0.00252. The second-order valence-electron chi connectivity index (χ2n) is 3.50. The number of nitrogens with one attached hydrogen (secondary N) is 1. The molecule has 0 radical (unpaired) electrons. The van der Waals surface area contributed by atoms with Gasteiger partial charge in [-0.05, 0) is 0 Å². The van der Waals surface area contributed by atoms with E-state index in [9.17, 15) is 8.78 Å². The van der Waals surface area contributed by atoms with E-state index in [1.165, 1.54) is 12.1 Å². The molecule has 0 saturated heterocycles. The number of thioether (sulfide) groups is 1. The molecule has 1 rings (SSSR count). The van der Waals surface area contributed by atoms with E-state index in [0.717, 1.165) is 5.75 Å². The topological polar surface area (TPSA) is 12.0 Å². The van der Waals surface area contributed by atoms with Crippen LogP contribution in [0.15, 0.2) is 30.3 Å². The van der Waals surface area contributed by atoms with Crippen LogP contribution in [0.4, 0.5) is 8.78 Å². The smallest absolute Gasteiger partial charge is 0.285 e. The fourth-order valence-electron chi connectivity index (χ4n) is 1.30. The molecule has 0 aromatic heterocycles. The summed E-state index contributed by atoms with van der Waals surface area (Å²) in [4.78, 5) is 0. The maximum absolute atomic E-state index is 13.6. The molecule has 1 nitrogen and oxygen atoms in total. The van der Waals surface area contributed by atoms with E-state index in [2.05, 4.69) is 11.2 Å². The normalized spacial score (nSPS) is 11.1. The number of hydrogen-bond donors (Lipinski definition) is 1. The summed E-state index contributed by atoms with van der Waals surface area (Å²) in [5.74, 6) is 1.03. The van der Waals surface area contributed by atoms with Crippen LogP contribution in [0.5, 0.6) is 0 Å². The zero-order valence-corrected chi connectivity index (χ0v) is 10.3. The van der Waals surface area contributed by atoms with Crippen LogP contribution in [0.1, 0.15) is 5.56 Å². The highest BCUT2D eigenvalue weighted by Crippen LogP contribution is 2.26. The highest BCUT2D eigenvalue weighted by molar-refractivity contribution is 7.99. The Morgan fingerprint density at radius 3 is 2.65 bits per heavy atom. The summed E-state index contributed by atoms with van der Waals surface area (Å²) < 4.78 is 27.3. The summed E-state index contributed by atoms with van der Waals surface area (Å²) in [7, 11) is 0. The summed E-state index contributed by atoms with van der Waals surface area (Å²) in [6, 6.07) is 7.84. The predicted molar refractivity (Wildman–Crippen MR) is 69.4 cm³/mol. The fourth-order valence-corrected chi connectivity index (χ4v) is 1.86. The maximum atomic E-state index is 13.6. The van der Waals surface area contributed by atoms with Crippen LogP contribution in [0.2, 0.25) is 0 Å². The van der Waals surface area contributed by atoms with Crippen molar-refractivity contribution in [3.05, 3.63) is 35.9 Å². The van der Waals surface area contributed by atoms with E-state index in [4.69, 9.17) is 6.42 Å². The molecule has 17 heavy (non-hydrogen) atoms. The number of halogens is 2. The Morgan fingerprint density at radius 2 is 2.00 bits per heavy atom. The van der Waals surface area contributed by atoms with Crippen LogP contribution in [-0.2, 0) is 5.92 Å². The molecule has 0 heterocycles. The molecule has 0 atom stereocenters. The van der Waals surface area contributed by atoms with Crippen molar-refractivity contribution in [2.24, 2.45) is 0 Å². The van der Waals surface area contributed by atoms with E-state index in [-0.39, 0.29) is 12.1 Å². The van der Waals surface area contributed by atoms with Gasteiger partial charge in [0.05, 0.1) is 12.3 Å². The zero-order valence-electron chi connectivity index (χ0n) is 9.46. The second kappa shape index (κ2) is 7.31. The summed E-state index contributed by atoms with van der Waals surface area (Å²) in [5.41, 5.74) is 0.0452. The van der Waals surface area contributed by atoms with Crippen LogP contribution in [0.25, 0.3) is 0 Å². The van der Waals surface area contributed by atoms with Crippen LogP contribution in [0.3, 0.4) is 0 Å². The monoisotopic (exact) mass is 255 g/mol. The number of alkyl halides is 2. The van der Waals surface area contributed by atoms with Gasteiger partial charge in [-0.1, -0.05) is 36.3 Å². The third-order valence-corrected chi connectivity index (χ3v) is 3.02. The molecule has 0 aliphatic rings. The molecule has 4 heteroatoms. The Kier molecular flexibility index (Phi) is 6.03. The van der Waals surface area contributed by atoms with Gasteiger partial charge in [0.15, 0.2) is 0 Å². The molecule has 0 amide bonds. The zero-order chi connectivity index (χ0) is 12.6. The third kappa shape index (κ3) is 5.20. The van der Waals surface area contributed by atoms with Gasteiger partial charge in [-0.3, -0.25) is 0 Å². The van der Waals surface area contributed by atoms with Gasteiger partial charge >= 0.3 is 0 Å². The van der Waals surface area contributed by atoms with Crippen molar-refractivity contribution in [3.63, 3.8) is 0 Å². The largest absolute Gasteiger partial charge is 0.310 e. The van der Waals surface area contributed by atoms with Gasteiger partial charge < -0.3 is 5.32 Å². The van der Waals surface area contributed by atoms with Crippen molar-refractivity contribution < 1.29 is 8.78 Å². The molecule has 0 spiro atoms. The Balaban J connectivity index is 2.29. The molecular formula is C13H15F2NS. The van der Waals surface area contributed by atoms with Crippen LogP contribution < -0.4 is 5.32 Å². The summed E-state index contributed by atoms with van der Waals surface area (Å²) in [6.07, 6.45) is 5.08. The molecule has 1 aromatic carbocycles. The van der Waals surface area contributed by atoms with Crippen molar-refractivity contribution in [2.45, 2.75) is 5.92 Å². The van der Waals surface area contributed by atoms with Gasteiger partial charge in [-0.2, -0.15) is 8.78 Å². The second-order valence-corrected chi connectivity index (χ2v) is 4.61. The summed E-state index contributed by atoms with van der Waals surface area (Å²) >= 11 is 1.56. The minimum absolute atomic E-state index is 0.0452. The third-order valence-electron chi connectivity index (χ3n) is 2.15. The number of terminal acetylenes is 1. The van der Waals surface area contributed by atoms with Crippen molar-refractivity contribution in [1.29, 1.82) is 0 Å². The van der Waals surface area contributed by atoms with E-state index in [1.807, 2.05) is 0 Å². The average molecular weight is 255 g/mol. The first kappa shape index (κ1) is 14.0. The van der Waals surface area contributed by atoms with Gasteiger partial charge in [0, 0.05) is 17.9 Å². The van der Waals surface area contributed by atoms with Gasteiger partial charge in [0.2, 0.25) is 0 Å². The first-order valence-electron chi connectivity index (χ1n) is 5.32. The highest BCUT2D eigenvalue weighted by atomic mass is 32.2. The molecule has 0 aliphatic heterocycles. The van der Waals surface area contributed by atoms with Crippen LogP contribution in [-0.4, -0.2) is 24.6 Å². The number of rotatable bonds is 7. The molecule has 1 aromatic rings. The van der Waals surface area contributed by atoms with Gasteiger partial charge in [-0.25, -0.2) is 0 Å². The molecule has 0 fully saturated rings. The van der Waals surface area contributed by atoms with Crippen molar-refractivity contribution in [3.8, 4) is 12.3 Å². The minimum atomic E-state index is -2.82. The minimum Gasteiger partial charge on any atom is -0.310 e. The molecule has 0 saturated carbocycles. The lowest BCUT2D eigenvalue weighted by Gasteiger charge is -2.17. The standard InChI is InChI=1S/C13H15F2NS/c1-2-9-17-10-8-16-11-13(14,15)12-6-4-3-5-7-12/h1,3-7,16H,8-11H2. The van der Waals surface area contributed by atoms with E-state index in [1.54, 1.807) is 30.0 Å². The first-order valence-corrected chi connectivity index (χ1v) is 6.47. The Hall–Kier alpha value is -1.05. The lowest BCUT2D eigenvalue weighted by atomic mass is 10.1. The maximum Gasteiger partial charge on any atom is 0.285 e. The van der Waals surface area contributed by atoms with E-state index >= 15 is 0 Å². The van der Waals surface area contributed by atoms with Gasteiger partial charge in [-0.15, -0.1) is 18.2 Å². The van der Waals surface area contributed by atoms with Gasteiger partial charge in [0.1, 0.15) is 0 Å². The molecule has 0 bridgehead atoms. The predicted octanol–water partition coefficient (Wildman–Crippen LogP) is 2.73. The Morgan fingerprint density at radius 1 is 1.29 bits per heavy atom. The first-order chi connectivity index (χ1) is 8.17. The average Bonchev–Trinajstić information content (AvgIpc) is 2.35. The summed E-state index contributed by atoms with van der Waals surface area (Å²) in [6.45, 7) is 0.197. The Labute approximate surface area is 105 Å².